The SMILES string of the molecule is c1ccc(N(c2ccc(-c3ccc4c(c3)oc3ccccc34)cc2)c2ccc(-c3ccc4ccc5ccc6ccccc6c5c4c3)cc2)cc1. The molecule has 0 aliphatic carbocycles. The van der Waals surface area contributed by atoms with Crippen LogP contribution in [0.3, 0.4) is 0 Å². The molecule has 234 valence electrons. The Labute approximate surface area is 290 Å². The van der Waals surface area contributed by atoms with Gasteiger partial charge in [-0.2, -0.15) is 0 Å². The van der Waals surface area contributed by atoms with Crippen LogP contribution in [0.15, 0.2) is 192 Å². The summed E-state index contributed by atoms with van der Waals surface area (Å²) in [5.74, 6) is 0. The molecule has 0 radical (unpaired) electrons. The van der Waals surface area contributed by atoms with Crippen molar-refractivity contribution in [1.29, 1.82) is 0 Å². The van der Waals surface area contributed by atoms with Crippen LogP contribution in [-0.2, 0) is 0 Å². The Morgan fingerprint density at radius 1 is 0.300 bits per heavy atom. The summed E-state index contributed by atoms with van der Waals surface area (Å²) in [6.45, 7) is 0. The first-order valence-electron chi connectivity index (χ1n) is 17.1. The molecule has 0 bridgehead atoms. The lowest BCUT2D eigenvalue weighted by Gasteiger charge is -2.26. The van der Waals surface area contributed by atoms with Crippen LogP contribution in [-0.4, -0.2) is 0 Å². The summed E-state index contributed by atoms with van der Waals surface area (Å²) in [5.41, 5.74) is 9.83. The fourth-order valence-corrected chi connectivity index (χ4v) is 7.54. The molecule has 1 aromatic heterocycles. The molecule has 0 spiro atoms. The normalized spacial score (nSPS) is 11.6. The van der Waals surface area contributed by atoms with Crippen LogP contribution in [0.25, 0.3) is 76.5 Å². The second kappa shape index (κ2) is 11.5. The van der Waals surface area contributed by atoms with Crippen molar-refractivity contribution >= 4 is 71.3 Å². The predicted molar refractivity (Wildman–Crippen MR) is 212 cm³/mol. The number of benzene rings is 9. The van der Waals surface area contributed by atoms with E-state index in [4.69, 9.17) is 4.42 Å². The fraction of sp³-hybridized carbons (Fsp3) is 0. The van der Waals surface area contributed by atoms with E-state index in [9.17, 15) is 0 Å². The average molecular weight is 638 g/mol. The molecule has 2 nitrogen and oxygen atoms in total. The zero-order valence-electron chi connectivity index (χ0n) is 27.3. The van der Waals surface area contributed by atoms with Crippen LogP contribution in [0.4, 0.5) is 17.1 Å². The van der Waals surface area contributed by atoms with Crippen LogP contribution in [0.2, 0.25) is 0 Å². The first-order valence-corrected chi connectivity index (χ1v) is 17.1. The van der Waals surface area contributed by atoms with E-state index in [1.807, 2.05) is 12.1 Å². The Kier molecular flexibility index (Phi) is 6.53. The monoisotopic (exact) mass is 637 g/mol. The number of fused-ring (bicyclic) bond motifs is 8. The maximum absolute atomic E-state index is 6.18. The maximum atomic E-state index is 6.18. The second-order valence-corrected chi connectivity index (χ2v) is 13.0. The largest absolute Gasteiger partial charge is 0.456 e. The molecule has 1 heterocycles. The Morgan fingerprint density at radius 3 is 1.54 bits per heavy atom. The highest BCUT2D eigenvalue weighted by Gasteiger charge is 2.14. The highest BCUT2D eigenvalue weighted by atomic mass is 16.3. The summed E-state index contributed by atoms with van der Waals surface area (Å²) in [4.78, 5) is 2.32. The number of hydrogen-bond acceptors (Lipinski definition) is 2. The number of hydrogen-bond donors (Lipinski definition) is 0. The minimum atomic E-state index is 0.909. The van der Waals surface area contributed by atoms with E-state index in [0.717, 1.165) is 50.1 Å². The topological polar surface area (TPSA) is 16.4 Å². The van der Waals surface area contributed by atoms with Gasteiger partial charge in [-0.3, -0.25) is 0 Å². The van der Waals surface area contributed by atoms with Gasteiger partial charge in [-0.05, 0) is 115 Å². The number of para-hydroxylation sites is 2. The molecule has 10 rings (SSSR count). The van der Waals surface area contributed by atoms with Crippen LogP contribution < -0.4 is 4.90 Å². The van der Waals surface area contributed by atoms with Gasteiger partial charge < -0.3 is 9.32 Å². The van der Waals surface area contributed by atoms with Crippen molar-refractivity contribution in [2.45, 2.75) is 0 Å². The summed E-state index contributed by atoms with van der Waals surface area (Å²) in [5, 5.41) is 9.98. The summed E-state index contributed by atoms with van der Waals surface area (Å²) >= 11 is 0. The van der Waals surface area contributed by atoms with Gasteiger partial charge in [0.05, 0.1) is 0 Å². The minimum Gasteiger partial charge on any atom is -0.456 e. The van der Waals surface area contributed by atoms with Gasteiger partial charge in [-0.25, -0.2) is 0 Å². The second-order valence-electron chi connectivity index (χ2n) is 13.0. The molecule has 0 saturated carbocycles. The summed E-state index contributed by atoms with van der Waals surface area (Å²) in [6, 6.07) is 67.5. The predicted octanol–water partition coefficient (Wildman–Crippen LogP) is 13.8. The summed E-state index contributed by atoms with van der Waals surface area (Å²) < 4.78 is 6.18. The molecule has 0 unspecified atom stereocenters. The molecule has 0 amide bonds. The molecule has 2 heteroatoms. The number of anilines is 3. The van der Waals surface area contributed by atoms with E-state index in [-0.39, 0.29) is 0 Å². The lowest BCUT2D eigenvalue weighted by molar-refractivity contribution is 0.669. The van der Waals surface area contributed by atoms with Crippen LogP contribution in [0.1, 0.15) is 0 Å². The molecule has 0 saturated heterocycles. The van der Waals surface area contributed by atoms with Crippen molar-refractivity contribution in [3.8, 4) is 22.3 Å². The van der Waals surface area contributed by atoms with Crippen LogP contribution in [0.5, 0.6) is 0 Å². The third-order valence-corrected chi connectivity index (χ3v) is 10.0. The van der Waals surface area contributed by atoms with Crippen LogP contribution in [0, 0.1) is 0 Å². The zero-order chi connectivity index (χ0) is 33.0. The van der Waals surface area contributed by atoms with Gasteiger partial charge in [0.2, 0.25) is 0 Å². The van der Waals surface area contributed by atoms with Gasteiger partial charge in [-0.15, -0.1) is 0 Å². The third-order valence-electron chi connectivity index (χ3n) is 10.0. The van der Waals surface area contributed by atoms with Gasteiger partial charge >= 0.3 is 0 Å². The Morgan fingerprint density at radius 2 is 0.800 bits per heavy atom. The van der Waals surface area contributed by atoms with E-state index in [0.29, 0.717) is 0 Å². The van der Waals surface area contributed by atoms with Crippen LogP contribution >= 0.6 is 0 Å². The molecule has 0 aliphatic rings. The average Bonchev–Trinajstić information content (AvgIpc) is 3.56. The smallest absolute Gasteiger partial charge is 0.136 e. The quantitative estimate of drug-likeness (QED) is 0.175. The summed E-state index contributed by atoms with van der Waals surface area (Å²) in [6.07, 6.45) is 0. The first kappa shape index (κ1) is 28.4. The van der Waals surface area contributed by atoms with Gasteiger partial charge in [0, 0.05) is 27.8 Å². The Balaban J connectivity index is 1.01. The fourth-order valence-electron chi connectivity index (χ4n) is 7.54. The zero-order valence-corrected chi connectivity index (χ0v) is 27.3. The third kappa shape index (κ3) is 4.73. The Hall–Kier alpha value is -6.64. The molecule has 0 fully saturated rings. The lowest BCUT2D eigenvalue weighted by atomic mass is 9.94. The molecule has 0 aliphatic heterocycles. The molecule has 9 aromatic carbocycles. The number of nitrogens with zero attached hydrogens (tertiary/aromatic N) is 1. The number of furan rings is 1. The van der Waals surface area contributed by atoms with Crippen molar-refractivity contribution in [2.24, 2.45) is 0 Å². The van der Waals surface area contributed by atoms with Crippen molar-refractivity contribution < 1.29 is 4.42 Å². The van der Waals surface area contributed by atoms with E-state index < -0.39 is 0 Å². The van der Waals surface area contributed by atoms with Gasteiger partial charge in [0.15, 0.2) is 0 Å². The van der Waals surface area contributed by atoms with Gasteiger partial charge in [0.25, 0.3) is 0 Å². The molecule has 0 atom stereocenters. The summed E-state index contributed by atoms with van der Waals surface area (Å²) in [7, 11) is 0. The minimum absolute atomic E-state index is 0.909. The van der Waals surface area contributed by atoms with Gasteiger partial charge in [0.1, 0.15) is 11.2 Å². The van der Waals surface area contributed by atoms with E-state index in [1.54, 1.807) is 0 Å². The first-order chi connectivity index (χ1) is 24.8. The molecule has 50 heavy (non-hydrogen) atoms. The lowest BCUT2D eigenvalue weighted by Crippen LogP contribution is -2.09. The van der Waals surface area contributed by atoms with Crippen molar-refractivity contribution in [3.05, 3.63) is 188 Å². The van der Waals surface area contributed by atoms with Crippen molar-refractivity contribution in [1.82, 2.24) is 0 Å². The molecular formula is C48H31NO. The van der Waals surface area contributed by atoms with E-state index in [2.05, 4.69) is 181 Å². The van der Waals surface area contributed by atoms with E-state index in [1.165, 1.54) is 43.4 Å². The molecular weight excluding hydrogens is 607 g/mol. The molecule has 0 N–H and O–H groups in total. The maximum Gasteiger partial charge on any atom is 0.136 e. The standard InChI is InChI=1S/C48H31NO/c1-2-9-39(10-3-1)49(41-27-22-33(23-28-41)38-24-29-44-43-12-6-7-13-46(43)50-47(44)31-38)40-25-20-32(21-26-40)37-19-16-35-15-18-36-17-14-34-8-4-5-11-42(34)48(36)45(35)30-37/h1-31H. The van der Waals surface area contributed by atoms with Crippen molar-refractivity contribution in [2.75, 3.05) is 4.90 Å². The van der Waals surface area contributed by atoms with Gasteiger partial charge in [-0.1, -0.05) is 127 Å². The highest BCUT2D eigenvalue weighted by molar-refractivity contribution is 6.20. The molecule has 10 aromatic rings. The Bertz CT molecular complexity index is 2840. The number of rotatable bonds is 5. The highest BCUT2D eigenvalue weighted by Crippen LogP contribution is 2.39. The van der Waals surface area contributed by atoms with E-state index >= 15 is 0 Å². The van der Waals surface area contributed by atoms with Crippen molar-refractivity contribution in [3.63, 3.8) is 0 Å².